The second kappa shape index (κ2) is 18.2. The molecule has 0 aliphatic heterocycles. The Morgan fingerprint density at radius 1 is 1.00 bits per heavy atom. The van der Waals surface area contributed by atoms with Gasteiger partial charge in [0.05, 0.1) is 12.1 Å². The summed E-state index contributed by atoms with van der Waals surface area (Å²) in [5, 5.41) is 10.3. The summed E-state index contributed by atoms with van der Waals surface area (Å²) in [6.07, 6.45) is 5.92. The summed E-state index contributed by atoms with van der Waals surface area (Å²) >= 11 is 1.43. The molecule has 4 aromatic rings. The number of aromatic nitrogens is 1. The third-order valence-electron chi connectivity index (χ3n) is 6.57. The van der Waals surface area contributed by atoms with E-state index in [2.05, 4.69) is 95.9 Å². The lowest BCUT2D eigenvalue weighted by Gasteiger charge is -2.15. The zero-order chi connectivity index (χ0) is 30.8. The monoisotopic (exact) mass is 583 g/mol. The van der Waals surface area contributed by atoms with Crippen molar-refractivity contribution in [2.24, 2.45) is 0 Å². The molecular formula is C35H41N3O3S. The molecule has 1 aromatic heterocycles. The minimum Gasteiger partial charge on any atom is -0.349 e. The number of benzene rings is 3. The molecule has 42 heavy (non-hydrogen) atoms. The van der Waals surface area contributed by atoms with E-state index in [0.717, 1.165) is 25.7 Å². The Bertz CT molecular complexity index is 1480. The molecule has 3 aromatic carbocycles. The number of carbonyl (C=O) groups excluding carboxylic acids is 3. The molecule has 6 nitrogen and oxygen atoms in total. The number of fused-ring (bicyclic) bond motifs is 1. The van der Waals surface area contributed by atoms with Gasteiger partial charge in [-0.3, -0.25) is 14.4 Å². The molecule has 1 aliphatic rings. The number of aryl methyl sites for hydroxylation is 2. The first-order chi connectivity index (χ1) is 20.4. The van der Waals surface area contributed by atoms with Crippen LogP contribution in [0.5, 0.6) is 0 Å². The van der Waals surface area contributed by atoms with Crippen LogP contribution in [0.3, 0.4) is 0 Å². The van der Waals surface area contributed by atoms with Crippen LogP contribution in [0.1, 0.15) is 68.7 Å². The summed E-state index contributed by atoms with van der Waals surface area (Å²) in [5.74, 6) is 4.48. The first-order valence-corrected chi connectivity index (χ1v) is 15.2. The molecule has 0 radical (unpaired) electrons. The van der Waals surface area contributed by atoms with Crippen molar-refractivity contribution in [2.75, 3.05) is 6.54 Å². The molecule has 0 spiro atoms. The Labute approximate surface area is 254 Å². The summed E-state index contributed by atoms with van der Waals surface area (Å²) in [5.41, 5.74) is 4.00. The number of Topliss-reactive ketones (excluding diaryl/α,β-unsaturated/α-hetero) is 1. The Morgan fingerprint density at radius 2 is 1.69 bits per heavy atom. The highest BCUT2D eigenvalue weighted by molar-refractivity contribution is 7.10. The van der Waals surface area contributed by atoms with Crippen LogP contribution in [0.15, 0.2) is 78.3 Å². The standard InChI is InChI=1S/C14H13NO.C10H10N2O2S.C9H12.C2H6/c16-10-15-14(7-8-14)13-6-5-11-3-1-2-4-12(11)9-13;1-2-8(13)10(14)12-5-3-4-9-11-6-7-15-9;1-3-9-7-5-4-6-8(9)2;1-2/h1-6,9-10H,7-8H2,(H,15,16);6-7H,2,5H2,1H3,(H,12,14);4-7H,3H2,1-2H3;1-2H3. The molecule has 0 atom stereocenters. The van der Waals surface area contributed by atoms with Crippen molar-refractivity contribution < 1.29 is 14.4 Å². The number of hydrogen-bond donors (Lipinski definition) is 2. The maximum atomic E-state index is 11.0. The van der Waals surface area contributed by atoms with Crippen LogP contribution in [0, 0.1) is 18.8 Å². The van der Waals surface area contributed by atoms with Gasteiger partial charge in [0.2, 0.25) is 12.2 Å². The Hall–Kier alpha value is -4.28. The first-order valence-electron chi connectivity index (χ1n) is 14.4. The van der Waals surface area contributed by atoms with E-state index in [1.807, 2.05) is 31.4 Å². The van der Waals surface area contributed by atoms with Crippen molar-refractivity contribution in [3.63, 3.8) is 0 Å². The van der Waals surface area contributed by atoms with Gasteiger partial charge in [0.25, 0.3) is 5.91 Å². The van der Waals surface area contributed by atoms with Gasteiger partial charge in [0, 0.05) is 18.0 Å². The van der Waals surface area contributed by atoms with Crippen LogP contribution >= 0.6 is 11.3 Å². The summed E-state index contributed by atoms with van der Waals surface area (Å²) < 4.78 is 0. The molecule has 1 saturated carbocycles. The van der Waals surface area contributed by atoms with Crippen LogP contribution < -0.4 is 10.6 Å². The lowest BCUT2D eigenvalue weighted by Crippen LogP contribution is -2.30. The van der Waals surface area contributed by atoms with Gasteiger partial charge in [-0.15, -0.1) is 11.3 Å². The van der Waals surface area contributed by atoms with Gasteiger partial charge < -0.3 is 10.6 Å². The number of amides is 2. The number of carbonyl (C=O) groups is 3. The zero-order valence-corrected chi connectivity index (χ0v) is 26.0. The molecule has 5 rings (SSSR count). The van der Waals surface area contributed by atoms with Crippen LogP contribution in [0.4, 0.5) is 0 Å². The average molecular weight is 584 g/mol. The van der Waals surface area contributed by atoms with Gasteiger partial charge in [0.15, 0.2) is 5.01 Å². The second-order valence-corrected chi connectivity index (χ2v) is 10.2. The molecule has 220 valence electrons. The van der Waals surface area contributed by atoms with Gasteiger partial charge in [0.1, 0.15) is 0 Å². The Morgan fingerprint density at radius 3 is 2.26 bits per heavy atom. The Kier molecular flexibility index (Phi) is 14.7. The molecule has 2 N–H and O–H groups in total. The van der Waals surface area contributed by atoms with E-state index in [9.17, 15) is 14.4 Å². The maximum absolute atomic E-state index is 11.0. The molecule has 0 saturated heterocycles. The minimum atomic E-state index is -0.578. The van der Waals surface area contributed by atoms with E-state index >= 15 is 0 Å². The van der Waals surface area contributed by atoms with Crippen LogP contribution in [-0.2, 0) is 26.3 Å². The third-order valence-corrected chi connectivity index (χ3v) is 7.26. The van der Waals surface area contributed by atoms with E-state index in [0.29, 0.717) is 5.01 Å². The van der Waals surface area contributed by atoms with Crippen LogP contribution in [-0.4, -0.2) is 29.6 Å². The van der Waals surface area contributed by atoms with Crippen LogP contribution in [0.2, 0.25) is 0 Å². The lowest BCUT2D eigenvalue weighted by molar-refractivity contribution is -0.137. The molecule has 7 heteroatoms. The average Bonchev–Trinajstić information content (AvgIpc) is 3.63. The van der Waals surface area contributed by atoms with Gasteiger partial charge in [-0.2, -0.15) is 0 Å². The Balaban J connectivity index is 0.000000222. The van der Waals surface area contributed by atoms with Gasteiger partial charge >= 0.3 is 0 Å². The van der Waals surface area contributed by atoms with Crippen molar-refractivity contribution in [1.82, 2.24) is 15.6 Å². The summed E-state index contributed by atoms with van der Waals surface area (Å²) in [4.78, 5) is 36.4. The van der Waals surface area contributed by atoms with Gasteiger partial charge in [-0.25, -0.2) is 4.98 Å². The van der Waals surface area contributed by atoms with E-state index in [-0.39, 0.29) is 18.5 Å². The number of ketones is 1. The number of nitrogens with zero attached hydrogens (tertiary/aromatic N) is 1. The SMILES string of the molecule is CC.CCC(=O)C(=O)NCC#Cc1nccs1.CCc1ccccc1C.O=CNC1(c2ccc3ccccc3c2)CC1. The molecule has 2 amide bonds. The van der Waals surface area contributed by atoms with E-state index in [1.54, 1.807) is 13.1 Å². The smallest absolute Gasteiger partial charge is 0.288 e. The van der Waals surface area contributed by atoms with Crippen molar-refractivity contribution >= 4 is 40.2 Å². The fourth-order valence-corrected chi connectivity index (χ4v) is 4.54. The first kappa shape index (κ1) is 33.9. The number of rotatable bonds is 7. The maximum Gasteiger partial charge on any atom is 0.288 e. The normalized spacial score (nSPS) is 11.8. The van der Waals surface area contributed by atoms with Crippen molar-refractivity contribution in [3.05, 3.63) is 100 Å². The largest absolute Gasteiger partial charge is 0.349 e. The summed E-state index contributed by atoms with van der Waals surface area (Å²) in [6, 6.07) is 23.2. The van der Waals surface area contributed by atoms with Gasteiger partial charge in [-0.05, 0) is 65.6 Å². The zero-order valence-electron chi connectivity index (χ0n) is 25.2. The highest BCUT2D eigenvalue weighted by Crippen LogP contribution is 2.45. The quantitative estimate of drug-likeness (QED) is 0.143. The van der Waals surface area contributed by atoms with Crippen molar-refractivity contribution in [3.8, 4) is 11.8 Å². The second-order valence-electron chi connectivity index (χ2n) is 9.28. The van der Waals surface area contributed by atoms with E-state index in [1.165, 1.54) is 38.8 Å². The van der Waals surface area contributed by atoms with Gasteiger partial charge in [-0.1, -0.05) is 94.3 Å². The fraction of sp³-hybridized carbons (Fsp3) is 0.314. The van der Waals surface area contributed by atoms with E-state index < -0.39 is 11.7 Å². The van der Waals surface area contributed by atoms with Crippen LogP contribution in [0.25, 0.3) is 10.8 Å². The summed E-state index contributed by atoms with van der Waals surface area (Å²) in [6.45, 7) is 10.1. The minimum absolute atomic E-state index is 0.0776. The third kappa shape index (κ3) is 10.6. The highest BCUT2D eigenvalue weighted by Gasteiger charge is 2.43. The number of hydrogen-bond acceptors (Lipinski definition) is 5. The summed E-state index contributed by atoms with van der Waals surface area (Å²) in [7, 11) is 0. The molecule has 0 bridgehead atoms. The predicted molar refractivity (Wildman–Crippen MR) is 173 cm³/mol. The van der Waals surface area contributed by atoms with E-state index in [4.69, 9.17) is 0 Å². The fourth-order valence-electron chi connectivity index (χ4n) is 4.04. The number of nitrogens with one attached hydrogen (secondary N) is 2. The molecular weight excluding hydrogens is 542 g/mol. The van der Waals surface area contributed by atoms with Crippen molar-refractivity contribution in [2.45, 2.75) is 65.8 Å². The molecule has 1 heterocycles. The molecule has 0 unspecified atom stereocenters. The predicted octanol–water partition coefficient (Wildman–Crippen LogP) is 6.75. The highest BCUT2D eigenvalue weighted by atomic mass is 32.1. The lowest BCUT2D eigenvalue weighted by atomic mass is 10.0. The molecule has 1 fully saturated rings. The topological polar surface area (TPSA) is 88.2 Å². The molecule has 1 aliphatic carbocycles. The van der Waals surface area contributed by atoms with Crippen molar-refractivity contribution in [1.29, 1.82) is 0 Å². The number of thiazole rings is 1.